The average molecular weight is 572 g/mol. The van der Waals surface area contributed by atoms with Gasteiger partial charge in [0.1, 0.15) is 12.2 Å². The summed E-state index contributed by atoms with van der Waals surface area (Å²) in [6.45, 7) is 5.48. The van der Waals surface area contributed by atoms with E-state index in [9.17, 15) is 19.5 Å². The van der Waals surface area contributed by atoms with E-state index in [0.29, 0.717) is 11.4 Å². The molecular formula is C31H29N3O6S. The van der Waals surface area contributed by atoms with Gasteiger partial charge in [-0.1, -0.05) is 54.6 Å². The molecule has 1 aliphatic carbocycles. The third-order valence-corrected chi connectivity index (χ3v) is 7.29. The number of nitrogens with zero attached hydrogens (tertiary/aromatic N) is 2. The summed E-state index contributed by atoms with van der Waals surface area (Å²) >= 11 is 1.17. The minimum atomic E-state index is -1.12. The standard InChI is InChI=1S/C31H29N3O6S/c1-31(2,3)40-30(38)34(21-10-8-9-19(15-21)27(35)36)28-33-20(18-41-28)16-32-29(37)39-17-26-24-13-6-4-11-22(24)23-12-5-7-14-25(23)26/h4-15,18,26H,16-17H2,1-3H3,(H,32,37)(H,35,36). The number of rotatable bonds is 7. The molecule has 5 rings (SSSR count). The highest BCUT2D eigenvalue weighted by Gasteiger charge is 2.30. The molecule has 0 aliphatic heterocycles. The Morgan fingerprint density at radius 1 is 0.976 bits per heavy atom. The zero-order chi connectivity index (χ0) is 29.1. The lowest BCUT2D eigenvalue weighted by molar-refractivity contribution is 0.0596. The van der Waals surface area contributed by atoms with Crippen molar-refractivity contribution in [3.63, 3.8) is 0 Å². The first-order valence-corrected chi connectivity index (χ1v) is 13.9. The molecule has 0 radical (unpaired) electrons. The lowest BCUT2D eigenvalue weighted by Crippen LogP contribution is -2.34. The Balaban J connectivity index is 1.26. The molecule has 1 heterocycles. The number of aromatic carboxylic acids is 1. The summed E-state index contributed by atoms with van der Waals surface area (Å²) in [6.07, 6.45) is -1.29. The molecule has 1 aromatic heterocycles. The summed E-state index contributed by atoms with van der Waals surface area (Å²) in [7, 11) is 0. The summed E-state index contributed by atoms with van der Waals surface area (Å²) in [6, 6.07) is 22.2. The molecule has 0 bridgehead atoms. The van der Waals surface area contributed by atoms with Crippen LogP contribution in [0.1, 0.15) is 53.9 Å². The Kier molecular flexibility index (Phi) is 7.76. The van der Waals surface area contributed by atoms with Crippen LogP contribution in [0.2, 0.25) is 0 Å². The number of benzene rings is 3. The van der Waals surface area contributed by atoms with Gasteiger partial charge in [-0.25, -0.2) is 24.3 Å². The highest BCUT2D eigenvalue weighted by Crippen LogP contribution is 2.44. The van der Waals surface area contributed by atoms with E-state index in [1.807, 2.05) is 24.3 Å². The fraction of sp³-hybridized carbons (Fsp3) is 0.226. The van der Waals surface area contributed by atoms with Crippen molar-refractivity contribution < 1.29 is 29.0 Å². The van der Waals surface area contributed by atoms with Crippen LogP contribution in [-0.4, -0.2) is 40.5 Å². The van der Waals surface area contributed by atoms with E-state index in [-0.39, 0.29) is 29.8 Å². The number of hydrogen-bond donors (Lipinski definition) is 2. The van der Waals surface area contributed by atoms with Gasteiger partial charge in [-0.3, -0.25) is 0 Å². The van der Waals surface area contributed by atoms with E-state index >= 15 is 0 Å². The first-order chi connectivity index (χ1) is 19.6. The number of thiazole rings is 1. The van der Waals surface area contributed by atoms with E-state index in [4.69, 9.17) is 9.47 Å². The SMILES string of the molecule is CC(C)(C)OC(=O)N(c1cccc(C(=O)O)c1)c1nc(CNC(=O)OCC2c3ccccc3-c3ccccc32)cs1. The molecule has 0 saturated carbocycles. The number of hydrogen-bond acceptors (Lipinski definition) is 7. The lowest BCUT2D eigenvalue weighted by atomic mass is 9.98. The summed E-state index contributed by atoms with van der Waals surface area (Å²) in [4.78, 5) is 43.0. The number of fused-ring (bicyclic) bond motifs is 3. The number of carbonyl (C=O) groups is 3. The third-order valence-electron chi connectivity index (χ3n) is 6.42. The van der Waals surface area contributed by atoms with Crippen molar-refractivity contribution in [3.05, 3.63) is 101 Å². The second kappa shape index (κ2) is 11.4. The highest BCUT2D eigenvalue weighted by molar-refractivity contribution is 7.14. The van der Waals surface area contributed by atoms with Crippen LogP contribution in [-0.2, 0) is 16.0 Å². The van der Waals surface area contributed by atoms with Gasteiger partial charge < -0.3 is 19.9 Å². The smallest absolute Gasteiger partial charge is 0.421 e. The summed E-state index contributed by atoms with van der Waals surface area (Å²) in [5.74, 6) is -1.17. The van der Waals surface area contributed by atoms with Crippen molar-refractivity contribution in [2.24, 2.45) is 0 Å². The van der Waals surface area contributed by atoms with Gasteiger partial charge in [-0.05, 0) is 61.2 Å². The molecule has 0 spiro atoms. The van der Waals surface area contributed by atoms with E-state index in [0.717, 1.165) is 22.3 Å². The van der Waals surface area contributed by atoms with E-state index in [1.54, 1.807) is 38.3 Å². The number of alkyl carbamates (subject to hydrolysis) is 1. The lowest BCUT2D eigenvalue weighted by Gasteiger charge is -2.26. The number of carboxylic acid groups (broad SMARTS) is 1. The van der Waals surface area contributed by atoms with Crippen LogP contribution < -0.4 is 10.2 Å². The number of amides is 2. The Morgan fingerprint density at radius 3 is 2.27 bits per heavy atom. The predicted molar refractivity (Wildman–Crippen MR) is 156 cm³/mol. The normalized spacial score (nSPS) is 12.3. The van der Waals surface area contributed by atoms with Crippen LogP contribution in [0.3, 0.4) is 0 Å². The zero-order valence-electron chi connectivity index (χ0n) is 22.8. The van der Waals surface area contributed by atoms with Gasteiger partial charge in [0.15, 0.2) is 5.13 Å². The number of carbonyl (C=O) groups excluding carboxylic acids is 2. The number of anilines is 2. The van der Waals surface area contributed by atoms with E-state index in [1.165, 1.54) is 28.4 Å². The van der Waals surface area contributed by atoms with Gasteiger partial charge in [-0.2, -0.15) is 0 Å². The molecule has 1 aliphatic rings. The Labute approximate surface area is 241 Å². The highest BCUT2D eigenvalue weighted by atomic mass is 32.1. The maximum atomic E-state index is 13.1. The second-order valence-electron chi connectivity index (χ2n) is 10.5. The molecule has 3 aromatic carbocycles. The fourth-order valence-corrected chi connectivity index (χ4v) is 5.50. The molecule has 0 unspecified atom stereocenters. The Morgan fingerprint density at radius 2 is 1.63 bits per heavy atom. The quantitative estimate of drug-likeness (QED) is 0.246. The molecule has 10 heteroatoms. The number of aromatic nitrogens is 1. The molecule has 4 aromatic rings. The van der Waals surface area contributed by atoms with Crippen LogP contribution in [0.15, 0.2) is 78.2 Å². The first kappa shape index (κ1) is 27.9. The topological polar surface area (TPSA) is 118 Å². The molecular weight excluding hydrogens is 542 g/mol. The Hall–Kier alpha value is -4.70. The minimum Gasteiger partial charge on any atom is -0.478 e. The van der Waals surface area contributed by atoms with E-state index in [2.05, 4.69) is 34.6 Å². The second-order valence-corrected chi connectivity index (χ2v) is 11.3. The van der Waals surface area contributed by atoms with Crippen molar-refractivity contribution in [3.8, 4) is 11.1 Å². The minimum absolute atomic E-state index is 0.0183. The number of nitrogens with one attached hydrogen (secondary N) is 1. The van der Waals surface area contributed by atoms with Gasteiger partial charge >= 0.3 is 18.2 Å². The van der Waals surface area contributed by atoms with Gasteiger partial charge in [0.25, 0.3) is 0 Å². The molecule has 2 amide bonds. The summed E-state index contributed by atoms with van der Waals surface area (Å²) < 4.78 is 11.2. The molecule has 9 nitrogen and oxygen atoms in total. The monoisotopic (exact) mass is 571 g/mol. The van der Waals surface area contributed by atoms with Gasteiger partial charge in [0, 0.05) is 11.3 Å². The molecule has 210 valence electrons. The zero-order valence-corrected chi connectivity index (χ0v) is 23.6. The summed E-state index contributed by atoms with van der Waals surface area (Å²) in [5, 5.41) is 14.1. The van der Waals surface area contributed by atoms with Crippen molar-refractivity contribution in [1.82, 2.24) is 10.3 Å². The molecule has 0 saturated heterocycles. The fourth-order valence-electron chi connectivity index (χ4n) is 4.67. The number of carboxylic acids is 1. The molecule has 0 atom stereocenters. The van der Waals surface area contributed by atoms with Crippen molar-refractivity contribution in [2.75, 3.05) is 11.5 Å². The van der Waals surface area contributed by atoms with Crippen molar-refractivity contribution in [1.29, 1.82) is 0 Å². The third kappa shape index (κ3) is 6.22. The molecule has 0 fully saturated rings. The first-order valence-electron chi connectivity index (χ1n) is 13.0. The number of ether oxygens (including phenoxy) is 2. The van der Waals surface area contributed by atoms with E-state index < -0.39 is 23.8 Å². The predicted octanol–water partition coefficient (Wildman–Crippen LogP) is 6.95. The Bertz CT molecular complexity index is 1560. The molecule has 41 heavy (non-hydrogen) atoms. The van der Waals surface area contributed by atoms with Crippen molar-refractivity contribution >= 4 is 40.3 Å². The van der Waals surface area contributed by atoms with Crippen molar-refractivity contribution in [2.45, 2.75) is 38.8 Å². The van der Waals surface area contributed by atoms with Gasteiger partial charge in [0.2, 0.25) is 0 Å². The largest absolute Gasteiger partial charge is 0.478 e. The molecule has 2 N–H and O–H groups in total. The van der Waals surface area contributed by atoms with Crippen LogP contribution in [0, 0.1) is 0 Å². The van der Waals surface area contributed by atoms with Crippen LogP contribution in [0.5, 0.6) is 0 Å². The van der Waals surface area contributed by atoms with Gasteiger partial charge in [0.05, 0.1) is 23.5 Å². The van der Waals surface area contributed by atoms with Crippen LogP contribution >= 0.6 is 11.3 Å². The van der Waals surface area contributed by atoms with Crippen LogP contribution in [0.25, 0.3) is 11.1 Å². The van der Waals surface area contributed by atoms with Crippen LogP contribution in [0.4, 0.5) is 20.4 Å². The average Bonchev–Trinajstić information content (AvgIpc) is 3.52. The maximum absolute atomic E-state index is 13.1. The van der Waals surface area contributed by atoms with Gasteiger partial charge in [-0.15, -0.1) is 11.3 Å². The summed E-state index contributed by atoms with van der Waals surface area (Å²) in [5.41, 5.74) is 4.58. The maximum Gasteiger partial charge on any atom is 0.421 e.